The number of hydrogen-bond acceptors (Lipinski definition) is 8. The SMILES string of the molecule is COc1ccc([C@@H]2Nc3nonc3NC3=C2C(=O)CCC3)cc1O. The lowest BCUT2D eigenvalue weighted by Gasteiger charge is -2.25. The van der Waals surface area contributed by atoms with E-state index in [1.54, 1.807) is 18.2 Å². The van der Waals surface area contributed by atoms with Crippen LogP contribution >= 0.6 is 0 Å². The molecule has 2 aliphatic rings. The fourth-order valence-electron chi connectivity index (χ4n) is 3.18. The second-order valence-electron chi connectivity index (χ2n) is 5.76. The minimum atomic E-state index is -0.453. The average Bonchev–Trinajstić information content (AvgIpc) is 2.94. The Morgan fingerprint density at radius 3 is 2.92 bits per heavy atom. The lowest BCUT2D eigenvalue weighted by atomic mass is 9.86. The Bertz CT molecular complexity index is 842. The molecule has 4 rings (SSSR count). The summed E-state index contributed by atoms with van der Waals surface area (Å²) in [5.41, 5.74) is 2.19. The van der Waals surface area contributed by atoms with Crippen molar-refractivity contribution in [1.29, 1.82) is 0 Å². The second kappa shape index (κ2) is 5.55. The number of ketones is 1. The van der Waals surface area contributed by atoms with E-state index in [4.69, 9.17) is 9.37 Å². The van der Waals surface area contributed by atoms with Crippen LogP contribution in [0.25, 0.3) is 0 Å². The third-order valence-electron chi connectivity index (χ3n) is 4.32. The molecule has 0 fully saturated rings. The van der Waals surface area contributed by atoms with Gasteiger partial charge in [-0.05, 0) is 40.9 Å². The van der Waals surface area contributed by atoms with Gasteiger partial charge in [-0.1, -0.05) is 6.07 Å². The number of nitrogens with zero attached hydrogens (tertiary/aromatic N) is 2. The number of aromatic hydroxyl groups is 1. The van der Waals surface area contributed by atoms with Gasteiger partial charge < -0.3 is 20.5 Å². The van der Waals surface area contributed by atoms with Gasteiger partial charge in [0.1, 0.15) is 0 Å². The number of rotatable bonds is 2. The van der Waals surface area contributed by atoms with Crippen molar-refractivity contribution in [3.63, 3.8) is 0 Å². The number of aromatic nitrogens is 2. The predicted molar refractivity (Wildman–Crippen MR) is 84.8 cm³/mol. The Morgan fingerprint density at radius 1 is 1.29 bits per heavy atom. The first-order valence-electron chi connectivity index (χ1n) is 7.66. The van der Waals surface area contributed by atoms with Crippen molar-refractivity contribution in [3.05, 3.63) is 35.0 Å². The summed E-state index contributed by atoms with van der Waals surface area (Å²) in [6.45, 7) is 0. The van der Waals surface area contributed by atoms with Gasteiger partial charge in [0.2, 0.25) is 11.6 Å². The first-order valence-corrected chi connectivity index (χ1v) is 7.66. The molecule has 8 heteroatoms. The number of hydrogen-bond donors (Lipinski definition) is 3. The number of methoxy groups -OCH3 is 1. The highest BCUT2D eigenvalue weighted by molar-refractivity contribution is 6.00. The number of ether oxygens (including phenoxy) is 1. The summed E-state index contributed by atoms with van der Waals surface area (Å²) >= 11 is 0. The monoisotopic (exact) mass is 328 g/mol. The summed E-state index contributed by atoms with van der Waals surface area (Å²) in [6, 6.07) is 4.60. The van der Waals surface area contributed by atoms with Crippen LogP contribution < -0.4 is 15.4 Å². The van der Waals surface area contributed by atoms with Crippen molar-refractivity contribution < 1.29 is 19.3 Å². The van der Waals surface area contributed by atoms with Crippen molar-refractivity contribution >= 4 is 17.4 Å². The van der Waals surface area contributed by atoms with E-state index in [1.807, 2.05) is 0 Å². The number of allylic oxidation sites excluding steroid dienone is 1. The van der Waals surface area contributed by atoms with Crippen LogP contribution in [0.4, 0.5) is 11.6 Å². The maximum absolute atomic E-state index is 12.6. The van der Waals surface area contributed by atoms with E-state index >= 15 is 0 Å². The van der Waals surface area contributed by atoms with Crippen LogP contribution in [0.1, 0.15) is 30.9 Å². The molecule has 1 aliphatic carbocycles. The number of benzene rings is 1. The minimum Gasteiger partial charge on any atom is -0.504 e. The third kappa shape index (κ3) is 2.27. The molecule has 124 valence electrons. The Balaban J connectivity index is 1.84. The molecule has 1 aliphatic heterocycles. The Hall–Kier alpha value is -3.03. The fraction of sp³-hybridized carbons (Fsp3) is 0.312. The molecule has 2 heterocycles. The normalized spacial score (nSPS) is 19.7. The van der Waals surface area contributed by atoms with Crippen molar-refractivity contribution in [2.75, 3.05) is 17.7 Å². The van der Waals surface area contributed by atoms with Crippen molar-refractivity contribution in [2.24, 2.45) is 0 Å². The number of carbonyl (C=O) groups is 1. The van der Waals surface area contributed by atoms with Crippen LogP contribution in [0.2, 0.25) is 0 Å². The van der Waals surface area contributed by atoms with Crippen molar-refractivity contribution in [1.82, 2.24) is 10.3 Å². The standard InChI is InChI=1S/C16H16N4O4/c1-23-12-6-5-8(7-11(12)22)14-13-9(3-2-4-10(13)21)17-15-16(18-14)20-24-19-15/h5-7,14,22H,2-4H2,1H3,(H,17,19)(H,18,20)/t14-/m0/s1. The Kier molecular flexibility index (Phi) is 3.37. The van der Waals surface area contributed by atoms with Gasteiger partial charge in [0.05, 0.1) is 13.2 Å². The average molecular weight is 328 g/mol. The quantitative estimate of drug-likeness (QED) is 0.771. The zero-order valence-corrected chi connectivity index (χ0v) is 13.0. The number of nitrogens with one attached hydrogen (secondary N) is 2. The molecule has 1 aromatic heterocycles. The van der Waals surface area contributed by atoms with E-state index in [-0.39, 0.29) is 11.5 Å². The molecule has 0 amide bonds. The van der Waals surface area contributed by atoms with Gasteiger partial charge >= 0.3 is 0 Å². The minimum absolute atomic E-state index is 0.0120. The number of fused-ring (bicyclic) bond motifs is 1. The van der Waals surface area contributed by atoms with Crippen LogP contribution in [0.3, 0.4) is 0 Å². The van der Waals surface area contributed by atoms with E-state index in [9.17, 15) is 9.90 Å². The van der Waals surface area contributed by atoms with Gasteiger partial charge in [-0.3, -0.25) is 4.79 Å². The lowest BCUT2D eigenvalue weighted by molar-refractivity contribution is -0.116. The van der Waals surface area contributed by atoms with Gasteiger partial charge in [-0.15, -0.1) is 0 Å². The summed E-state index contributed by atoms with van der Waals surface area (Å²) in [4.78, 5) is 12.6. The Labute approximate surface area is 137 Å². The summed E-state index contributed by atoms with van der Waals surface area (Å²) in [6.07, 6.45) is 2.02. The largest absolute Gasteiger partial charge is 0.504 e. The topological polar surface area (TPSA) is 110 Å². The number of phenols is 1. The van der Waals surface area contributed by atoms with Crippen LogP contribution in [-0.4, -0.2) is 28.3 Å². The summed E-state index contributed by atoms with van der Waals surface area (Å²) < 4.78 is 9.86. The van der Waals surface area contributed by atoms with Crippen LogP contribution in [0.15, 0.2) is 34.1 Å². The number of anilines is 2. The molecule has 2 aromatic rings. The molecule has 0 spiro atoms. The van der Waals surface area contributed by atoms with Gasteiger partial charge in [0, 0.05) is 17.7 Å². The van der Waals surface area contributed by atoms with E-state index < -0.39 is 6.04 Å². The van der Waals surface area contributed by atoms with Gasteiger partial charge in [-0.25, -0.2) is 4.63 Å². The number of carbonyl (C=O) groups excluding carboxylic acids is 1. The smallest absolute Gasteiger partial charge is 0.219 e. The molecule has 24 heavy (non-hydrogen) atoms. The fourth-order valence-corrected chi connectivity index (χ4v) is 3.18. The molecule has 0 radical (unpaired) electrons. The number of phenolic OH excluding ortho intramolecular Hbond substituents is 1. The number of Topliss-reactive ketones (excluding diaryl/α,β-unsaturated/α-hetero) is 1. The van der Waals surface area contributed by atoms with E-state index in [2.05, 4.69) is 20.9 Å². The first kappa shape index (κ1) is 14.6. The molecule has 0 saturated heterocycles. The zero-order chi connectivity index (χ0) is 16.7. The van der Waals surface area contributed by atoms with Crippen molar-refractivity contribution in [3.8, 4) is 11.5 Å². The molecular weight excluding hydrogens is 312 g/mol. The van der Waals surface area contributed by atoms with Gasteiger partial charge in [0.15, 0.2) is 17.3 Å². The highest BCUT2D eigenvalue weighted by Crippen LogP contribution is 2.40. The van der Waals surface area contributed by atoms with E-state index in [0.717, 1.165) is 24.1 Å². The molecular formula is C16H16N4O4. The molecule has 0 unspecified atom stereocenters. The molecule has 0 bridgehead atoms. The molecule has 1 atom stereocenters. The highest BCUT2D eigenvalue weighted by Gasteiger charge is 2.34. The summed E-state index contributed by atoms with van der Waals surface area (Å²) in [7, 11) is 1.49. The predicted octanol–water partition coefficient (Wildman–Crippen LogP) is 2.37. The Morgan fingerprint density at radius 2 is 2.12 bits per heavy atom. The summed E-state index contributed by atoms with van der Waals surface area (Å²) in [5, 5.41) is 24.1. The maximum atomic E-state index is 12.6. The maximum Gasteiger partial charge on any atom is 0.219 e. The third-order valence-corrected chi connectivity index (χ3v) is 4.32. The molecule has 1 aromatic carbocycles. The lowest BCUT2D eigenvalue weighted by Crippen LogP contribution is -2.23. The summed E-state index contributed by atoms with van der Waals surface area (Å²) in [5.74, 6) is 1.34. The van der Waals surface area contributed by atoms with Crippen LogP contribution in [0.5, 0.6) is 11.5 Å². The van der Waals surface area contributed by atoms with Crippen LogP contribution in [-0.2, 0) is 4.79 Å². The molecule has 0 saturated carbocycles. The van der Waals surface area contributed by atoms with Gasteiger partial charge in [0.25, 0.3) is 0 Å². The van der Waals surface area contributed by atoms with Crippen molar-refractivity contribution in [2.45, 2.75) is 25.3 Å². The van der Waals surface area contributed by atoms with E-state index in [1.165, 1.54) is 7.11 Å². The second-order valence-corrected chi connectivity index (χ2v) is 5.76. The molecule has 8 nitrogen and oxygen atoms in total. The zero-order valence-electron chi connectivity index (χ0n) is 13.0. The van der Waals surface area contributed by atoms with Crippen LogP contribution in [0, 0.1) is 0 Å². The highest BCUT2D eigenvalue weighted by atomic mass is 16.6. The van der Waals surface area contributed by atoms with E-state index in [0.29, 0.717) is 29.4 Å². The van der Waals surface area contributed by atoms with Gasteiger partial charge in [-0.2, -0.15) is 0 Å². The molecule has 3 N–H and O–H groups in total. The first-order chi connectivity index (χ1) is 11.7.